The van der Waals surface area contributed by atoms with Crippen molar-refractivity contribution in [3.63, 3.8) is 0 Å². The van der Waals surface area contributed by atoms with E-state index in [4.69, 9.17) is 21.4 Å². The Kier molecular flexibility index (Phi) is 3.45. The summed E-state index contributed by atoms with van der Waals surface area (Å²) < 4.78 is 5.55. The van der Waals surface area contributed by atoms with E-state index in [9.17, 15) is 0 Å². The summed E-state index contributed by atoms with van der Waals surface area (Å²) in [7, 11) is 0. The molecule has 2 atom stereocenters. The molecule has 2 heterocycles. The summed E-state index contributed by atoms with van der Waals surface area (Å²) in [6, 6.07) is 0. The van der Waals surface area contributed by atoms with E-state index in [1.807, 2.05) is 12.3 Å². The second-order valence-electron chi connectivity index (χ2n) is 3.61. The number of nitrogens with zero attached hydrogens (tertiary/aromatic N) is 2. The van der Waals surface area contributed by atoms with Gasteiger partial charge < -0.3 is 14.7 Å². The van der Waals surface area contributed by atoms with Crippen molar-refractivity contribution in [3.05, 3.63) is 10.5 Å². The number of hydrogen-bond acceptors (Lipinski definition) is 5. The number of morpholine rings is 1. The molecule has 1 saturated heterocycles. The molecule has 0 aromatic carbocycles. The Bertz CT molecular complexity index is 334. The molecule has 1 N–H and O–H groups in total. The molecule has 4 nitrogen and oxygen atoms in total. The number of aromatic nitrogens is 1. The van der Waals surface area contributed by atoms with Crippen LogP contribution in [0.2, 0.25) is 5.15 Å². The molecule has 0 saturated carbocycles. The van der Waals surface area contributed by atoms with Crippen LogP contribution < -0.4 is 4.90 Å². The average molecular weight is 249 g/mol. The van der Waals surface area contributed by atoms with Crippen LogP contribution in [0.5, 0.6) is 0 Å². The minimum atomic E-state index is -0.128. The lowest BCUT2D eigenvalue weighted by Crippen LogP contribution is -2.48. The number of halogens is 1. The first kappa shape index (κ1) is 11.1. The minimum Gasteiger partial charge on any atom is -0.394 e. The maximum atomic E-state index is 9.08. The molecule has 2 unspecified atom stereocenters. The van der Waals surface area contributed by atoms with Crippen molar-refractivity contribution in [1.82, 2.24) is 4.98 Å². The highest BCUT2D eigenvalue weighted by atomic mass is 35.5. The SMILES string of the molecule is CC1CN(c2nc(Cl)cs2)CC(CO)O1. The largest absolute Gasteiger partial charge is 0.394 e. The molecule has 0 bridgehead atoms. The van der Waals surface area contributed by atoms with Gasteiger partial charge in [0.2, 0.25) is 0 Å². The van der Waals surface area contributed by atoms with Gasteiger partial charge in [0.15, 0.2) is 5.13 Å². The van der Waals surface area contributed by atoms with Gasteiger partial charge in [-0.2, -0.15) is 0 Å². The average Bonchev–Trinajstić information content (AvgIpc) is 2.64. The summed E-state index contributed by atoms with van der Waals surface area (Å²) in [5.74, 6) is 0. The van der Waals surface area contributed by atoms with Gasteiger partial charge in [0.1, 0.15) is 5.15 Å². The number of rotatable bonds is 2. The van der Waals surface area contributed by atoms with Crippen LogP contribution in [0.3, 0.4) is 0 Å². The van der Waals surface area contributed by atoms with Gasteiger partial charge in [0.25, 0.3) is 0 Å². The zero-order valence-electron chi connectivity index (χ0n) is 8.39. The van der Waals surface area contributed by atoms with Crippen molar-refractivity contribution in [2.45, 2.75) is 19.1 Å². The van der Waals surface area contributed by atoms with E-state index in [1.54, 1.807) is 0 Å². The van der Waals surface area contributed by atoms with E-state index in [2.05, 4.69) is 9.88 Å². The molecule has 1 fully saturated rings. The molecule has 1 aliphatic rings. The number of thiazole rings is 1. The number of hydrogen-bond donors (Lipinski definition) is 1. The number of aliphatic hydroxyl groups excluding tert-OH is 1. The Labute approximate surface area is 97.4 Å². The molecule has 84 valence electrons. The van der Waals surface area contributed by atoms with E-state index in [1.165, 1.54) is 11.3 Å². The van der Waals surface area contributed by atoms with Crippen LogP contribution in [0.4, 0.5) is 5.13 Å². The number of aliphatic hydroxyl groups is 1. The fourth-order valence-corrected chi connectivity index (χ4v) is 2.66. The molecule has 6 heteroatoms. The first-order valence-electron chi connectivity index (χ1n) is 4.81. The summed E-state index contributed by atoms with van der Waals surface area (Å²) in [6.45, 7) is 3.50. The predicted octanol–water partition coefficient (Wildman–Crippen LogP) is 1.38. The Hall–Kier alpha value is -0.360. The molecule has 0 amide bonds. The van der Waals surface area contributed by atoms with Gasteiger partial charge in [-0.15, -0.1) is 11.3 Å². The van der Waals surface area contributed by atoms with Gasteiger partial charge >= 0.3 is 0 Å². The lowest BCUT2D eigenvalue weighted by molar-refractivity contribution is -0.0421. The van der Waals surface area contributed by atoms with Crippen LogP contribution in [0.1, 0.15) is 6.92 Å². The highest BCUT2D eigenvalue weighted by Crippen LogP contribution is 2.26. The highest BCUT2D eigenvalue weighted by Gasteiger charge is 2.26. The zero-order valence-corrected chi connectivity index (χ0v) is 9.96. The molecular formula is C9H13ClN2O2S. The van der Waals surface area contributed by atoms with Crippen molar-refractivity contribution < 1.29 is 9.84 Å². The lowest BCUT2D eigenvalue weighted by Gasteiger charge is -2.35. The summed E-state index contributed by atoms with van der Waals surface area (Å²) in [5.41, 5.74) is 0. The Morgan fingerprint density at radius 2 is 2.53 bits per heavy atom. The zero-order chi connectivity index (χ0) is 10.8. The summed E-state index contributed by atoms with van der Waals surface area (Å²) in [4.78, 5) is 6.31. The van der Waals surface area contributed by atoms with Crippen molar-refractivity contribution in [3.8, 4) is 0 Å². The molecular weight excluding hydrogens is 236 g/mol. The molecule has 1 aromatic rings. The quantitative estimate of drug-likeness (QED) is 0.859. The number of ether oxygens (including phenoxy) is 1. The first-order chi connectivity index (χ1) is 7.19. The lowest BCUT2D eigenvalue weighted by atomic mass is 10.2. The van der Waals surface area contributed by atoms with Gasteiger partial charge in [-0.1, -0.05) is 11.6 Å². The highest BCUT2D eigenvalue weighted by molar-refractivity contribution is 7.14. The van der Waals surface area contributed by atoms with Crippen LogP contribution in [0.15, 0.2) is 5.38 Å². The van der Waals surface area contributed by atoms with Crippen LogP contribution >= 0.6 is 22.9 Å². The maximum Gasteiger partial charge on any atom is 0.186 e. The first-order valence-corrected chi connectivity index (χ1v) is 6.07. The molecule has 0 aliphatic carbocycles. The van der Waals surface area contributed by atoms with Crippen LogP contribution in [0.25, 0.3) is 0 Å². The minimum absolute atomic E-state index is 0.0416. The smallest absolute Gasteiger partial charge is 0.186 e. The van der Waals surface area contributed by atoms with E-state index in [-0.39, 0.29) is 18.8 Å². The van der Waals surface area contributed by atoms with Crippen LogP contribution in [-0.2, 0) is 4.74 Å². The number of anilines is 1. The summed E-state index contributed by atoms with van der Waals surface area (Å²) >= 11 is 7.29. The third-order valence-corrected chi connectivity index (χ3v) is 3.49. The van der Waals surface area contributed by atoms with Gasteiger partial charge in [-0.3, -0.25) is 0 Å². The van der Waals surface area contributed by atoms with Crippen molar-refractivity contribution >= 4 is 28.1 Å². The van der Waals surface area contributed by atoms with Crippen LogP contribution in [-0.4, -0.2) is 42.0 Å². The third kappa shape index (κ3) is 2.60. The molecule has 0 radical (unpaired) electrons. The van der Waals surface area contributed by atoms with Crippen LogP contribution in [0, 0.1) is 0 Å². The van der Waals surface area contributed by atoms with Crippen molar-refractivity contribution in [2.75, 3.05) is 24.6 Å². The molecule has 15 heavy (non-hydrogen) atoms. The monoisotopic (exact) mass is 248 g/mol. The standard InChI is InChI=1S/C9H13ClN2O2S/c1-6-2-12(3-7(4-13)14-6)9-11-8(10)5-15-9/h5-7,13H,2-4H2,1H3. The molecule has 2 rings (SSSR count). The molecule has 0 spiro atoms. The summed E-state index contributed by atoms with van der Waals surface area (Å²) in [6.07, 6.45) is -0.0185. The topological polar surface area (TPSA) is 45.6 Å². The molecule has 1 aliphatic heterocycles. The predicted molar refractivity (Wildman–Crippen MR) is 60.8 cm³/mol. The Balaban J connectivity index is 2.08. The Morgan fingerprint density at radius 3 is 3.13 bits per heavy atom. The Morgan fingerprint density at radius 1 is 1.73 bits per heavy atom. The van der Waals surface area contributed by atoms with Gasteiger partial charge in [0, 0.05) is 18.5 Å². The van der Waals surface area contributed by atoms with Crippen molar-refractivity contribution in [1.29, 1.82) is 0 Å². The third-order valence-electron chi connectivity index (χ3n) is 2.26. The normalized spacial score (nSPS) is 27.0. The second kappa shape index (κ2) is 4.65. The van der Waals surface area contributed by atoms with Gasteiger partial charge in [0.05, 0.1) is 18.8 Å². The van der Waals surface area contributed by atoms with Gasteiger partial charge in [-0.05, 0) is 6.92 Å². The molecule has 1 aromatic heterocycles. The fraction of sp³-hybridized carbons (Fsp3) is 0.667. The maximum absolute atomic E-state index is 9.08. The van der Waals surface area contributed by atoms with E-state index in [0.29, 0.717) is 11.7 Å². The van der Waals surface area contributed by atoms with E-state index in [0.717, 1.165) is 11.7 Å². The van der Waals surface area contributed by atoms with E-state index >= 15 is 0 Å². The fourth-order valence-electron chi connectivity index (χ4n) is 1.69. The van der Waals surface area contributed by atoms with E-state index < -0.39 is 0 Å². The second-order valence-corrected chi connectivity index (χ2v) is 4.83. The summed E-state index contributed by atoms with van der Waals surface area (Å²) in [5, 5.41) is 12.3. The van der Waals surface area contributed by atoms with Gasteiger partial charge in [-0.25, -0.2) is 4.98 Å². The van der Waals surface area contributed by atoms with Crippen molar-refractivity contribution in [2.24, 2.45) is 0 Å².